The van der Waals surface area contributed by atoms with Crippen molar-refractivity contribution in [3.63, 3.8) is 0 Å². The van der Waals surface area contributed by atoms with E-state index in [1.54, 1.807) is 0 Å². The molecule has 1 fully saturated rings. The molecule has 3 unspecified atom stereocenters. The summed E-state index contributed by atoms with van der Waals surface area (Å²) in [5, 5.41) is 20.4. The number of hydrogen-bond acceptors (Lipinski definition) is 11. The van der Waals surface area contributed by atoms with Gasteiger partial charge in [-0.05, 0) is 0 Å². The van der Waals surface area contributed by atoms with Crippen molar-refractivity contribution in [3.05, 3.63) is 16.7 Å². The zero-order chi connectivity index (χ0) is 23.5. The normalized spacial score (nSPS) is 28.5. The summed E-state index contributed by atoms with van der Waals surface area (Å²) in [5.41, 5.74) is 4.80. The smallest absolute Gasteiger partial charge is 0.387 e. The SMILES string of the molecule is Cn1c(N)nc2c(ncn2[C@@H]2O[C@H](COP(=O)(O)P(=O)(O)P(=O)(O)O)C(O)[C@@H]2O)c1=O. The van der Waals surface area contributed by atoms with Crippen molar-refractivity contribution in [2.24, 2.45) is 7.05 Å². The molecular formula is C11H18N5O12P3. The van der Waals surface area contributed by atoms with Crippen LogP contribution in [0.1, 0.15) is 6.23 Å². The lowest BCUT2D eigenvalue weighted by Gasteiger charge is -2.21. The van der Waals surface area contributed by atoms with Gasteiger partial charge in [0.1, 0.15) is 18.3 Å². The average molecular weight is 505 g/mol. The van der Waals surface area contributed by atoms with Crippen molar-refractivity contribution in [1.29, 1.82) is 0 Å². The van der Waals surface area contributed by atoms with E-state index in [0.29, 0.717) is 0 Å². The highest BCUT2D eigenvalue weighted by Crippen LogP contribution is 2.94. The van der Waals surface area contributed by atoms with Gasteiger partial charge < -0.3 is 40.3 Å². The molecule has 0 aliphatic carbocycles. The Morgan fingerprint density at radius 3 is 2.39 bits per heavy atom. The van der Waals surface area contributed by atoms with Gasteiger partial charge in [0.05, 0.1) is 12.9 Å². The molecule has 6 atom stereocenters. The van der Waals surface area contributed by atoms with E-state index in [0.717, 1.165) is 15.5 Å². The van der Waals surface area contributed by atoms with Crippen LogP contribution in [0.3, 0.4) is 0 Å². The van der Waals surface area contributed by atoms with Gasteiger partial charge >= 0.3 is 21.3 Å². The zero-order valence-corrected chi connectivity index (χ0v) is 18.1. The standard InChI is InChI=1S/C11H18N5O12P3/c1-15-9(19)5-8(14-11(15)12)16(3-13-5)10-7(18)6(17)4(28-10)2-27-30(23,24)31(25,26)29(20,21)22/h3-4,6-7,10,17-18H,2H2,1H3,(H2,12,14)(H,23,24)(H,25,26)(H2,20,21,22)/t4-,6?,7+,10-/m1/s1. The van der Waals surface area contributed by atoms with Gasteiger partial charge in [0.2, 0.25) is 5.95 Å². The van der Waals surface area contributed by atoms with E-state index >= 15 is 0 Å². The van der Waals surface area contributed by atoms with E-state index in [1.165, 1.54) is 7.05 Å². The van der Waals surface area contributed by atoms with Crippen LogP contribution < -0.4 is 11.3 Å². The van der Waals surface area contributed by atoms with Crippen LogP contribution in [0.4, 0.5) is 5.95 Å². The number of nitrogens with two attached hydrogens (primary N) is 1. The Balaban J connectivity index is 1.86. The fourth-order valence-electron chi connectivity index (χ4n) is 2.74. The molecule has 2 aromatic rings. The van der Waals surface area contributed by atoms with Crippen LogP contribution >= 0.6 is 21.3 Å². The maximum Gasteiger partial charge on any atom is 0.422 e. The third-order valence-corrected chi connectivity index (χ3v) is 14.8. The van der Waals surface area contributed by atoms with Crippen LogP contribution in [0, 0.1) is 0 Å². The molecule has 0 amide bonds. The van der Waals surface area contributed by atoms with Crippen LogP contribution in [0.25, 0.3) is 11.2 Å². The number of rotatable bonds is 6. The number of aliphatic hydroxyl groups excluding tert-OH is 2. The number of nitrogen functional groups attached to an aromatic ring is 1. The number of aromatic nitrogens is 4. The van der Waals surface area contributed by atoms with Crippen LogP contribution in [0.2, 0.25) is 0 Å². The van der Waals surface area contributed by atoms with Gasteiger partial charge in [-0.1, -0.05) is 0 Å². The van der Waals surface area contributed by atoms with Crippen LogP contribution in [-0.4, -0.2) is 73.8 Å². The van der Waals surface area contributed by atoms with Gasteiger partial charge in [0.15, 0.2) is 17.4 Å². The monoisotopic (exact) mass is 505 g/mol. The van der Waals surface area contributed by atoms with E-state index < -0.39 is 58.0 Å². The molecule has 0 radical (unpaired) electrons. The molecule has 2 aromatic heterocycles. The topological polar surface area (TPSA) is 270 Å². The Kier molecular flexibility index (Phi) is 6.10. The van der Waals surface area contributed by atoms with Crippen molar-refractivity contribution >= 4 is 38.4 Å². The van der Waals surface area contributed by atoms with Gasteiger partial charge in [0.25, 0.3) is 5.56 Å². The minimum absolute atomic E-state index is 0.104. The maximum atomic E-state index is 12.2. The Hall–Kier alpha value is -1.48. The third kappa shape index (κ3) is 3.92. The Labute approximate surface area is 171 Å². The van der Waals surface area contributed by atoms with E-state index in [2.05, 4.69) is 14.5 Å². The molecule has 174 valence electrons. The van der Waals surface area contributed by atoms with Crippen molar-refractivity contribution in [1.82, 2.24) is 19.1 Å². The zero-order valence-electron chi connectivity index (χ0n) is 15.4. The van der Waals surface area contributed by atoms with Crippen molar-refractivity contribution in [2.45, 2.75) is 24.5 Å². The van der Waals surface area contributed by atoms with E-state index in [4.69, 9.17) is 20.3 Å². The van der Waals surface area contributed by atoms with Gasteiger partial charge in [-0.25, -0.2) is 14.1 Å². The summed E-state index contributed by atoms with van der Waals surface area (Å²) in [6, 6.07) is 0. The first kappa shape index (κ1) is 24.2. The molecule has 0 bridgehead atoms. The molecule has 31 heavy (non-hydrogen) atoms. The summed E-state index contributed by atoms with van der Waals surface area (Å²) in [5.74, 6) is -0.190. The summed E-state index contributed by atoms with van der Waals surface area (Å²) < 4.78 is 46.3. The minimum Gasteiger partial charge on any atom is -0.387 e. The second kappa shape index (κ2) is 7.83. The van der Waals surface area contributed by atoms with Gasteiger partial charge in [-0.3, -0.25) is 23.0 Å². The lowest BCUT2D eigenvalue weighted by Crippen LogP contribution is -2.33. The van der Waals surface area contributed by atoms with E-state index in [1.807, 2.05) is 0 Å². The molecule has 20 heteroatoms. The number of anilines is 1. The van der Waals surface area contributed by atoms with Gasteiger partial charge in [-0.15, -0.1) is 0 Å². The summed E-state index contributed by atoms with van der Waals surface area (Å²) >= 11 is 0. The average Bonchev–Trinajstić information content (AvgIpc) is 3.19. The van der Waals surface area contributed by atoms with E-state index in [-0.39, 0.29) is 17.1 Å². The second-order valence-corrected chi connectivity index (χ2v) is 17.1. The number of fused-ring (bicyclic) bond motifs is 1. The largest absolute Gasteiger partial charge is 0.422 e. The summed E-state index contributed by atoms with van der Waals surface area (Å²) in [6.07, 6.45) is -5.44. The predicted molar refractivity (Wildman–Crippen MR) is 101 cm³/mol. The van der Waals surface area contributed by atoms with Crippen molar-refractivity contribution in [3.8, 4) is 0 Å². The van der Waals surface area contributed by atoms with Gasteiger partial charge in [0, 0.05) is 7.05 Å². The van der Waals surface area contributed by atoms with Crippen LogP contribution in [-0.2, 0) is 30.0 Å². The van der Waals surface area contributed by atoms with Crippen LogP contribution in [0.15, 0.2) is 11.1 Å². The molecule has 1 aliphatic heterocycles. The summed E-state index contributed by atoms with van der Waals surface area (Å²) in [6.45, 7) is -7.10. The quantitative estimate of drug-likeness (QED) is 0.205. The lowest BCUT2D eigenvalue weighted by atomic mass is 10.1. The highest BCUT2D eigenvalue weighted by Gasteiger charge is 2.58. The Bertz CT molecular complexity index is 1220. The molecule has 0 aromatic carbocycles. The second-order valence-electron chi connectivity index (χ2n) is 6.52. The van der Waals surface area contributed by atoms with Crippen molar-refractivity contribution in [2.75, 3.05) is 12.3 Å². The highest BCUT2D eigenvalue weighted by molar-refractivity contribution is 8.60. The molecule has 17 nitrogen and oxygen atoms in total. The van der Waals surface area contributed by atoms with Gasteiger partial charge in [-0.2, -0.15) is 4.98 Å². The molecular weight excluding hydrogens is 487 g/mol. The molecule has 1 saturated heterocycles. The lowest BCUT2D eigenvalue weighted by molar-refractivity contribution is -0.0480. The summed E-state index contributed by atoms with van der Waals surface area (Å²) in [7, 11) is -10.3. The predicted octanol–water partition coefficient (Wildman–Crippen LogP) is -2.19. The first-order valence-corrected chi connectivity index (χ1v) is 14.4. The number of nitrogens with zero attached hydrogens (tertiary/aromatic N) is 4. The fourth-order valence-corrected chi connectivity index (χ4v) is 8.17. The van der Waals surface area contributed by atoms with E-state index in [9.17, 15) is 38.5 Å². The molecule has 8 N–H and O–H groups in total. The maximum absolute atomic E-state index is 12.2. The Morgan fingerprint density at radius 1 is 1.19 bits per heavy atom. The highest BCUT2D eigenvalue weighted by atomic mass is 32.5. The minimum atomic E-state index is -6.00. The summed E-state index contributed by atoms with van der Waals surface area (Å²) in [4.78, 5) is 56.5. The number of ether oxygens (including phenoxy) is 1. The van der Waals surface area contributed by atoms with Crippen molar-refractivity contribution < 1.29 is 52.7 Å². The first-order chi connectivity index (χ1) is 14.1. The molecule has 0 spiro atoms. The molecule has 3 rings (SSSR count). The number of hydrogen-bond donors (Lipinski definition) is 7. The fraction of sp³-hybridized carbons (Fsp3) is 0.545. The third-order valence-electron chi connectivity index (χ3n) is 4.53. The molecule has 0 saturated carbocycles. The first-order valence-electron chi connectivity index (χ1n) is 8.17. The Morgan fingerprint density at radius 2 is 1.81 bits per heavy atom. The number of imidazole rings is 1. The van der Waals surface area contributed by atoms with Crippen LogP contribution in [0.5, 0.6) is 0 Å². The molecule has 1 aliphatic rings. The number of aliphatic hydroxyl groups is 2. The molecule has 3 heterocycles.